The van der Waals surface area contributed by atoms with Gasteiger partial charge in [-0.3, -0.25) is 9.67 Å². The summed E-state index contributed by atoms with van der Waals surface area (Å²) < 4.78 is 4.64. The lowest BCUT2D eigenvalue weighted by Crippen LogP contribution is -2.41. The van der Waals surface area contributed by atoms with E-state index in [9.17, 15) is 0 Å². The molecule has 0 amide bonds. The molecule has 2 fully saturated rings. The summed E-state index contributed by atoms with van der Waals surface area (Å²) in [7, 11) is 0. The smallest absolute Gasteiger partial charge is 0.104 e. The van der Waals surface area contributed by atoms with E-state index in [1.807, 2.05) is 6.20 Å². The summed E-state index contributed by atoms with van der Waals surface area (Å²) in [4.78, 5) is 5.58. The molecule has 0 spiro atoms. The monoisotopic (exact) mass is 450 g/mol. The van der Waals surface area contributed by atoms with Crippen LogP contribution in [0.15, 0.2) is 85.5 Å². The highest BCUT2D eigenvalue weighted by Gasteiger charge is 2.41. The van der Waals surface area contributed by atoms with Crippen LogP contribution < -0.4 is 0 Å². The molecule has 4 heteroatoms. The Hall–Kier alpha value is -3.14. The second kappa shape index (κ2) is 8.90. The summed E-state index contributed by atoms with van der Waals surface area (Å²) in [6, 6.07) is 21.9. The van der Waals surface area contributed by atoms with Crippen LogP contribution >= 0.6 is 0 Å². The summed E-state index contributed by atoms with van der Waals surface area (Å²) in [5, 5.41) is 4.77. The Morgan fingerprint density at radius 2 is 1.21 bits per heavy atom. The second-order valence-corrected chi connectivity index (χ2v) is 10.2. The van der Waals surface area contributed by atoms with Crippen LogP contribution in [-0.4, -0.2) is 19.3 Å². The molecule has 3 heterocycles. The molecule has 0 N–H and O–H groups in total. The van der Waals surface area contributed by atoms with Crippen LogP contribution in [0, 0.1) is 0 Å². The fourth-order valence-corrected chi connectivity index (χ4v) is 6.47. The highest BCUT2D eigenvalue weighted by molar-refractivity contribution is 5.65. The molecular weight excluding hydrogens is 416 g/mol. The lowest BCUT2D eigenvalue weighted by molar-refractivity contribution is 0.210. The van der Waals surface area contributed by atoms with Crippen LogP contribution in [-0.2, 0) is 11.1 Å². The van der Waals surface area contributed by atoms with Gasteiger partial charge in [-0.1, -0.05) is 68.9 Å². The van der Waals surface area contributed by atoms with Crippen molar-refractivity contribution in [3.05, 3.63) is 96.8 Å². The molecule has 0 unspecified atom stereocenters. The van der Waals surface area contributed by atoms with E-state index in [0.29, 0.717) is 0 Å². The lowest BCUT2D eigenvalue weighted by Gasteiger charge is -2.41. The molecule has 174 valence electrons. The third kappa shape index (κ3) is 3.60. The highest BCUT2D eigenvalue weighted by atomic mass is 15.3. The number of rotatable bonds is 5. The number of benzene rings is 1. The maximum absolute atomic E-state index is 5.58. The normalized spacial score (nSPS) is 19.6. The van der Waals surface area contributed by atoms with Gasteiger partial charge in [0.2, 0.25) is 0 Å². The number of hydrogen-bond donors (Lipinski definition) is 0. The maximum Gasteiger partial charge on any atom is 0.104 e. The van der Waals surface area contributed by atoms with E-state index in [1.54, 1.807) is 0 Å². The molecule has 6 rings (SSSR count). The Bertz CT molecular complexity index is 1120. The van der Waals surface area contributed by atoms with E-state index in [4.69, 9.17) is 10.1 Å². The SMILES string of the molecule is c1ccc(-c2cc(C3(n4cccc4)CCCCC3)nc(C3(n4cccn4)CCCCC3)c2)cc1. The van der Waals surface area contributed by atoms with Gasteiger partial charge in [-0.05, 0) is 67.1 Å². The third-order valence-corrected chi connectivity index (χ3v) is 8.29. The maximum atomic E-state index is 5.58. The molecule has 0 saturated heterocycles. The standard InChI is InChI=1S/C30H34N4/c1-4-13-25(14-5-1)26-23-27(29(15-6-2-7-16-29)33-20-10-11-21-33)32-28(24-26)30(17-8-3-9-18-30)34-22-12-19-31-34/h1,4-5,10-14,19-24H,2-3,6-9,15-18H2. The number of nitrogens with zero attached hydrogens (tertiary/aromatic N) is 4. The van der Waals surface area contributed by atoms with Crippen LogP contribution in [0.2, 0.25) is 0 Å². The van der Waals surface area contributed by atoms with Crippen molar-refractivity contribution >= 4 is 0 Å². The quantitative estimate of drug-likeness (QED) is 0.323. The Morgan fingerprint density at radius 1 is 0.588 bits per heavy atom. The predicted octanol–water partition coefficient (Wildman–Crippen LogP) is 7.16. The Kier molecular flexibility index (Phi) is 5.60. The van der Waals surface area contributed by atoms with Crippen molar-refractivity contribution in [2.75, 3.05) is 0 Å². The minimum absolute atomic E-state index is 0.0821. The molecule has 0 atom stereocenters. The molecule has 3 aromatic heterocycles. The molecule has 2 aliphatic rings. The molecule has 34 heavy (non-hydrogen) atoms. The van der Waals surface area contributed by atoms with E-state index in [2.05, 4.69) is 88.5 Å². The summed E-state index contributed by atoms with van der Waals surface area (Å²) in [6.45, 7) is 0. The van der Waals surface area contributed by atoms with Gasteiger partial charge in [0.25, 0.3) is 0 Å². The zero-order chi connectivity index (χ0) is 22.8. The first-order valence-electron chi connectivity index (χ1n) is 13.0. The first-order valence-corrected chi connectivity index (χ1v) is 13.0. The van der Waals surface area contributed by atoms with Crippen LogP contribution in [0.5, 0.6) is 0 Å². The van der Waals surface area contributed by atoms with Gasteiger partial charge < -0.3 is 4.57 Å². The lowest BCUT2D eigenvalue weighted by atomic mass is 9.75. The van der Waals surface area contributed by atoms with Gasteiger partial charge in [-0.25, -0.2) is 0 Å². The van der Waals surface area contributed by atoms with Gasteiger partial charge in [0, 0.05) is 24.8 Å². The minimum Gasteiger partial charge on any atom is -0.343 e. The Labute approximate surface area is 202 Å². The van der Waals surface area contributed by atoms with Gasteiger partial charge in [0.15, 0.2) is 0 Å². The fourth-order valence-electron chi connectivity index (χ4n) is 6.47. The molecular formula is C30H34N4. The van der Waals surface area contributed by atoms with Crippen LogP contribution in [0.4, 0.5) is 0 Å². The van der Waals surface area contributed by atoms with Gasteiger partial charge in [-0.2, -0.15) is 5.10 Å². The van der Waals surface area contributed by atoms with Crippen LogP contribution in [0.25, 0.3) is 11.1 Å². The average molecular weight is 451 g/mol. The van der Waals surface area contributed by atoms with Crippen molar-refractivity contribution in [3.63, 3.8) is 0 Å². The van der Waals surface area contributed by atoms with E-state index in [-0.39, 0.29) is 11.1 Å². The number of pyridine rings is 1. The molecule has 0 aliphatic heterocycles. The van der Waals surface area contributed by atoms with Gasteiger partial charge >= 0.3 is 0 Å². The first-order chi connectivity index (χ1) is 16.8. The summed E-state index contributed by atoms with van der Waals surface area (Å²) in [6.07, 6.45) is 20.5. The zero-order valence-electron chi connectivity index (χ0n) is 19.9. The van der Waals surface area contributed by atoms with E-state index in [0.717, 1.165) is 25.7 Å². The van der Waals surface area contributed by atoms with Gasteiger partial charge in [0.05, 0.1) is 16.9 Å². The van der Waals surface area contributed by atoms with Crippen molar-refractivity contribution < 1.29 is 0 Å². The van der Waals surface area contributed by atoms with E-state index in [1.165, 1.54) is 61.0 Å². The number of hydrogen-bond acceptors (Lipinski definition) is 2. The molecule has 1 aromatic carbocycles. The summed E-state index contributed by atoms with van der Waals surface area (Å²) >= 11 is 0. The zero-order valence-corrected chi connectivity index (χ0v) is 19.9. The number of aromatic nitrogens is 4. The topological polar surface area (TPSA) is 35.6 Å². The van der Waals surface area contributed by atoms with Crippen molar-refractivity contribution in [2.24, 2.45) is 0 Å². The predicted molar refractivity (Wildman–Crippen MR) is 137 cm³/mol. The Morgan fingerprint density at radius 3 is 1.82 bits per heavy atom. The molecule has 2 aliphatic carbocycles. The molecule has 4 aromatic rings. The average Bonchev–Trinajstić information content (AvgIpc) is 3.65. The van der Waals surface area contributed by atoms with Crippen molar-refractivity contribution in [3.8, 4) is 11.1 Å². The van der Waals surface area contributed by atoms with Crippen molar-refractivity contribution in [1.82, 2.24) is 19.3 Å². The third-order valence-electron chi connectivity index (χ3n) is 8.29. The highest BCUT2D eigenvalue weighted by Crippen LogP contribution is 2.45. The van der Waals surface area contributed by atoms with Crippen LogP contribution in [0.3, 0.4) is 0 Å². The fraction of sp³-hybridized carbons (Fsp3) is 0.400. The molecule has 2 saturated carbocycles. The van der Waals surface area contributed by atoms with Gasteiger partial charge in [0.1, 0.15) is 5.54 Å². The van der Waals surface area contributed by atoms with Crippen LogP contribution in [0.1, 0.15) is 75.6 Å². The van der Waals surface area contributed by atoms with E-state index >= 15 is 0 Å². The van der Waals surface area contributed by atoms with Crippen molar-refractivity contribution in [2.45, 2.75) is 75.3 Å². The largest absolute Gasteiger partial charge is 0.343 e. The molecule has 0 radical (unpaired) electrons. The summed E-state index contributed by atoms with van der Waals surface area (Å²) in [5.74, 6) is 0. The second-order valence-electron chi connectivity index (χ2n) is 10.2. The molecule has 4 nitrogen and oxygen atoms in total. The summed E-state index contributed by atoms with van der Waals surface area (Å²) in [5.41, 5.74) is 4.68. The van der Waals surface area contributed by atoms with Gasteiger partial charge in [-0.15, -0.1) is 0 Å². The van der Waals surface area contributed by atoms with E-state index < -0.39 is 0 Å². The Balaban J connectivity index is 1.59. The minimum atomic E-state index is -0.173. The first kappa shape index (κ1) is 21.4. The molecule has 0 bridgehead atoms. The van der Waals surface area contributed by atoms with Crippen molar-refractivity contribution in [1.29, 1.82) is 0 Å².